The lowest BCUT2D eigenvalue weighted by atomic mass is 9.98. The van der Waals surface area contributed by atoms with Crippen LogP contribution in [0.2, 0.25) is 0 Å². The first-order valence-electron chi connectivity index (χ1n) is 5.61. The molecule has 1 aromatic rings. The number of hydrogen-bond donors (Lipinski definition) is 0. The van der Waals surface area contributed by atoms with Crippen molar-refractivity contribution in [3.05, 3.63) is 29.3 Å². The molecular weight excluding hydrogens is 186 g/mol. The third-order valence-corrected chi connectivity index (χ3v) is 3.09. The summed E-state index contributed by atoms with van der Waals surface area (Å²) in [6, 6.07) is 6.09. The van der Waals surface area contributed by atoms with Gasteiger partial charge in [0.05, 0.1) is 0 Å². The van der Waals surface area contributed by atoms with E-state index < -0.39 is 0 Å². The summed E-state index contributed by atoms with van der Waals surface area (Å²) in [6.07, 6.45) is 2.37. The Bertz CT molecular complexity index is 384. The minimum Gasteiger partial charge on any atom is -0.372 e. The average molecular weight is 203 g/mol. The predicted octanol–water partition coefficient (Wildman–Crippen LogP) is 2.66. The van der Waals surface area contributed by atoms with Crippen LogP contribution in [0.1, 0.15) is 36.2 Å². The van der Waals surface area contributed by atoms with Gasteiger partial charge in [-0.2, -0.15) is 0 Å². The van der Waals surface area contributed by atoms with Gasteiger partial charge in [0.1, 0.15) is 0 Å². The highest BCUT2D eigenvalue weighted by atomic mass is 16.1. The number of carbonyl (C=O) groups is 1. The van der Waals surface area contributed by atoms with E-state index in [0.29, 0.717) is 0 Å². The minimum atomic E-state index is 0.152. The number of ketones is 1. The SMILES string of the molecule is CCN1CCCc2ccc(C(C)=O)cc21. The second-order valence-electron chi connectivity index (χ2n) is 4.08. The molecule has 2 nitrogen and oxygen atoms in total. The Morgan fingerprint density at radius 1 is 1.47 bits per heavy atom. The number of anilines is 1. The van der Waals surface area contributed by atoms with Gasteiger partial charge in [0.25, 0.3) is 0 Å². The van der Waals surface area contributed by atoms with Crippen molar-refractivity contribution < 1.29 is 4.79 Å². The fraction of sp³-hybridized carbons (Fsp3) is 0.462. The van der Waals surface area contributed by atoms with Crippen molar-refractivity contribution >= 4 is 11.5 Å². The Morgan fingerprint density at radius 3 is 2.93 bits per heavy atom. The van der Waals surface area contributed by atoms with Crippen LogP contribution in [0.4, 0.5) is 5.69 Å². The minimum absolute atomic E-state index is 0.152. The van der Waals surface area contributed by atoms with Gasteiger partial charge in [0.15, 0.2) is 5.78 Å². The molecule has 80 valence electrons. The molecule has 0 aliphatic carbocycles. The smallest absolute Gasteiger partial charge is 0.159 e. The molecule has 0 atom stereocenters. The van der Waals surface area contributed by atoms with E-state index in [1.54, 1.807) is 6.92 Å². The van der Waals surface area contributed by atoms with E-state index in [4.69, 9.17) is 0 Å². The quantitative estimate of drug-likeness (QED) is 0.689. The number of fused-ring (bicyclic) bond motifs is 1. The molecule has 0 radical (unpaired) electrons. The highest BCUT2D eigenvalue weighted by Gasteiger charge is 2.16. The third kappa shape index (κ3) is 1.89. The summed E-state index contributed by atoms with van der Waals surface area (Å²) >= 11 is 0. The highest BCUT2D eigenvalue weighted by molar-refractivity contribution is 5.95. The van der Waals surface area contributed by atoms with E-state index in [9.17, 15) is 4.79 Å². The first-order chi connectivity index (χ1) is 7.22. The molecule has 1 aromatic carbocycles. The van der Waals surface area contributed by atoms with Gasteiger partial charge in [0.2, 0.25) is 0 Å². The van der Waals surface area contributed by atoms with Crippen LogP contribution in [0, 0.1) is 0 Å². The molecule has 1 aliphatic rings. The molecule has 0 aromatic heterocycles. The summed E-state index contributed by atoms with van der Waals surface area (Å²) in [7, 11) is 0. The maximum Gasteiger partial charge on any atom is 0.159 e. The molecule has 1 heterocycles. The molecule has 0 fully saturated rings. The summed E-state index contributed by atoms with van der Waals surface area (Å²) in [6.45, 7) is 5.93. The van der Waals surface area contributed by atoms with Crippen molar-refractivity contribution in [2.45, 2.75) is 26.7 Å². The lowest BCUT2D eigenvalue weighted by Crippen LogP contribution is -2.29. The van der Waals surface area contributed by atoms with Gasteiger partial charge >= 0.3 is 0 Å². The van der Waals surface area contributed by atoms with Gasteiger partial charge < -0.3 is 4.90 Å². The van der Waals surface area contributed by atoms with Gasteiger partial charge in [-0.25, -0.2) is 0 Å². The Balaban J connectivity index is 2.43. The second kappa shape index (κ2) is 4.05. The van der Waals surface area contributed by atoms with Gasteiger partial charge in [-0.15, -0.1) is 0 Å². The lowest BCUT2D eigenvalue weighted by molar-refractivity contribution is 0.101. The first kappa shape index (κ1) is 10.2. The number of carbonyl (C=O) groups excluding carboxylic acids is 1. The van der Waals surface area contributed by atoms with Crippen LogP contribution >= 0.6 is 0 Å². The van der Waals surface area contributed by atoms with Crippen LogP contribution < -0.4 is 4.90 Å². The molecule has 0 unspecified atom stereocenters. The number of nitrogens with zero attached hydrogens (tertiary/aromatic N) is 1. The van der Waals surface area contributed by atoms with Crippen molar-refractivity contribution in [2.24, 2.45) is 0 Å². The fourth-order valence-corrected chi connectivity index (χ4v) is 2.20. The van der Waals surface area contributed by atoms with Crippen molar-refractivity contribution in [3.8, 4) is 0 Å². The number of benzene rings is 1. The maximum atomic E-state index is 11.3. The Kier molecular flexibility index (Phi) is 2.76. The first-order valence-corrected chi connectivity index (χ1v) is 5.61. The summed E-state index contributed by atoms with van der Waals surface area (Å²) in [4.78, 5) is 13.7. The fourth-order valence-electron chi connectivity index (χ4n) is 2.20. The zero-order valence-corrected chi connectivity index (χ0v) is 9.42. The number of rotatable bonds is 2. The average Bonchev–Trinajstić information content (AvgIpc) is 2.27. The van der Waals surface area contributed by atoms with Crippen molar-refractivity contribution in [1.29, 1.82) is 0 Å². The molecule has 1 aliphatic heterocycles. The number of hydrogen-bond acceptors (Lipinski definition) is 2. The summed E-state index contributed by atoms with van der Waals surface area (Å²) in [5, 5.41) is 0. The zero-order valence-electron chi connectivity index (χ0n) is 9.42. The Labute approximate surface area is 90.9 Å². The second-order valence-corrected chi connectivity index (χ2v) is 4.08. The normalized spacial score (nSPS) is 14.9. The molecule has 2 rings (SSSR count). The molecule has 0 N–H and O–H groups in total. The van der Waals surface area contributed by atoms with E-state index in [2.05, 4.69) is 17.9 Å². The molecule has 0 saturated heterocycles. The van der Waals surface area contributed by atoms with Gasteiger partial charge in [-0.3, -0.25) is 4.79 Å². The number of Topliss-reactive ketones (excluding diaryl/α,β-unsaturated/α-hetero) is 1. The van der Waals surface area contributed by atoms with Crippen LogP contribution in [0.15, 0.2) is 18.2 Å². The third-order valence-electron chi connectivity index (χ3n) is 3.09. The highest BCUT2D eigenvalue weighted by Crippen LogP contribution is 2.27. The van der Waals surface area contributed by atoms with Crippen molar-refractivity contribution in [1.82, 2.24) is 0 Å². The van der Waals surface area contributed by atoms with E-state index in [-0.39, 0.29) is 5.78 Å². The van der Waals surface area contributed by atoms with E-state index in [0.717, 1.165) is 25.1 Å². The van der Waals surface area contributed by atoms with E-state index in [1.165, 1.54) is 17.7 Å². The monoisotopic (exact) mass is 203 g/mol. The van der Waals surface area contributed by atoms with E-state index >= 15 is 0 Å². The van der Waals surface area contributed by atoms with Gasteiger partial charge in [-0.1, -0.05) is 12.1 Å². The number of aryl methyl sites for hydroxylation is 1. The Morgan fingerprint density at radius 2 is 2.27 bits per heavy atom. The zero-order chi connectivity index (χ0) is 10.8. The van der Waals surface area contributed by atoms with Crippen LogP contribution in [-0.2, 0) is 6.42 Å². The molecule has 0 spiro atoms. The lowest BCUT2D eigenvalue weighted by Gasteiger charge is -2.30. The van der Waals surface area contributed by atoms with Crippen LogP contribution in [0.25, 0.3) is 0 Å². The predicted molar refractivity (Wildman–Crippen MR) is 62.7 cm³/mol. The molecule has 2 heteroatoms. The largest absolute Gasteiger partial charge is 0.372 e. The summed E-state index contributed by atoms with van der Waals surface area (Å²) in [5.41, 5.74) is 3.47. The van der Waals surface area contributed by atoms with E-state index in [1.807, 2.05) is 12.1 Å². The van der Waals surface area contributed by atoms with Crippen molar-refractivity contribution in [2.75, 3.05) is 18.0 Å². The topological polar surface area (TPSA) is 20.3 Å². The molecule has 0 amide bonds. The van der Waals surface area contributed by atoms with Crippen LogP contribution in [0.5, 0.6) is 0 Å². The molecule has 15 heavy (non-hydrogen) atoms. The van der Waals surface area contributed by atoms with Crippen LogP contribution in [-0.4, -0.2) is 18.9 Å². The van der Waals surface area contributed by atoms with Crippen LogP contribution in [0.3, 0.4) is 0 Å². The molecule has 0 saturated carbocycles. The Hall–Kier alpha value is -1.31. The summed E-state index contributed by atoms with van der Waals surface area (Å²) in [5.74, 6) is 0.152. The van der Waals surface area contributed by atoms with Gasteiger partial charge in [-0.05, 0) is 38.3 Å². The summed E-state index contributed by atoms with van der Waals surface area (Å²) < 4.78 is 0. The van der Waals surface area contributed by atoms with Gasteiger partial charge in [0, 0.05) is 24.3 Å². The van der Waals surface area contributed by atoms with Crippen molar-refractivity contribution in [3.63, 3.8) is 0 Å². The standard InChI is InChI=1S/C13H17NO/c1-3-14-8-4-5-11-6-7-12(10(2)15)9-13(11)14/h6-7,9H,3-5,8H2,1-2H3. The molecular formula is C13H17NO. The maximum absolute atomic E-state index is 11.3. The molecule has 0 bridgehead atoms.